The van der Waals surface area contributed by atoms with E-state index in [1.807, 2.05) is 60.8 Å². The van der Waals surface area contributed by atoms with Gasteiger partial charge in [0, 0.05) is 16.6 Å². The Bertz CT molecular complexity index is 1310. The molecule has 0 radical (unpaired) electrons. The lowest BCUT2D eigenvalue weighted by Gasteiger charge is -2.14. The Hall–Kier alpha value is -3.45. The van der Waals surface area contributed by atoms with Crippen LogP contribution in [0.1, 0.15) is 32.3 Å². The molecule has 0 fully saturated rings. The van der Waals surface area contributed by atoms with E-state index in [4.69, 9.17) is 4.74 Å². The van der Waals surface area contributed by atoms with Gasteiger partial charge in [0.05, 0.1) is 18.3 Å². The topological polar surface area (TPSA) is 73.2 Å². The standard InChI is InChI=1S/C25H25N3O3S/c1-4-31-18-11-9-17(10-12-18)20-14-32-24-23(20)25(30)28(15-26-24)13-22(29)27-21-8-6-5-7-19(21)16(2)3/h5-12,14-16H,4,13H2,1-3H3,(H,27,29). The summed E-state index contributed by atoms with van der Waals surface area (Å²) in [4.78, 5) is 31.0. The number of hydrogen-bond donors (Lipinski definition) is 1. The molecule has 1 N–H and O–H groups in total. The van der Waals surface area contributed by atoms with E-state index in [0.717, 1.165) is 28.1 Å². The number of rotatable bonds is 7. The van der Waals surface area contributed by atoms with Crippen LogP contribution in [0, 0.1) is 0 Å². The van der Waals surface area contributed by atoms with Crippen molar-refractivity contribution in [2.45, 2.75) is 33.2 Å². The summed E-state index contributed by atoms with van der Waals surface area (Å²) in [5, 5.41) is 5.39. The maximum absolute atomic E-state index is 13.2. The lowest BCUT2D eigenvalue weighted by atomic mass is 10.0. The van der Waals surface area contributed by atoms with E-state index < -0.39 is 0 Å². The van der Waals surface area contributed by atoms with Gasteiger partial charge in [-0.3, -0.25) is 14.2 Å². The van der Waals surface area contributed by atoms with Crippen LogP contribution < -0.4 is 15.6 Å². The molecule has 0 unspecified atom stereocenters. The van der Waals surface area contributed by atoms with E-state index in [2.05, 4.69) is 24.1 Å². The normalized spacial score (nSPS) is 11.1. The predicted molar refractivity (Wildman–Crippen MR) is 130 cm³/mol. The number of thiophene rings is 1. The van der Waals surface area contributed by atoms with Crippen LogP contribution in [0.3, 0.4) is 0 Å². The molecule has 2 aromatic carbocycles. The van der Waals surface area contributed by atoms with E-state index in [1.165, 1.54) is 22.2 Å². The summed E-state index contributed by atoms with van der Waals surface area (Å²) in [5.74, 6) is 0.790. The second-order valence-corrected chi connectivity index (χ2v) is 8.61. The van der Waals surface area contributed by atoms with E-state index in [9.17, 15) is 9.59 Å². The Morgan fingerprint density at radius 2 is 1.91 bits per heavy atom. The highest BCUT2D eigenvalue weighted by Crippen LogP contribution is 2.31. The number of ether oxygens (including phenoxy) is 1. The molecule has 1 amide bonds. The Morgan fingerprint density at radius 3 is 2.62 bits per heavy atom. The van der Waals surface area contributed by atoms with E-state index in [0.29, 0.717) is 16.8 Å². The lowest BCUT2D eigenvalue weighted by molar-refractivity contribution is -0.116. The highest BCUT2D eigenvalue weighted by molar-refractivity contribution is 7.17. The van der Waals surface area contributed by atoms with Crippen molar-refractivity contribution >= 4 is 33.1 Å². The third-order valence-corrected chi connectivity index (χ3v) is 6.09. The number of carbonyl (C=O) groups excluding carboxylic acids is 1. The fourth-order valence-electron chi connectivity index (χ4n) is 3.65. The van der Waals surface area contributed by atoms with Crippen molar-refractivity contribution in [2.75, 3.05) is 11.9 Å². The van der Waals surface area contributed by atoms with Crippen LogP contribution in [0.4, 0.5) is 5.69 Å². The zero-order chi connectivity index (χ0) is 22.7. The number of carbonyl (C=O) groups is 1. The van der Waals surface area contributed by atoms with Crippen molar-refractivity contribution in [1.29, 1.82) is 0 Å². The summed E-state index contributed by atoms with van der Waals surface area (Å²) >= 11 is 1.42. The van der Waals surface area contributed by atoms with Crippen LogP contribution in [-0.4, -0.2) is 22.1 Å². The quantitative estimate of drug-likeness (QED) is 0.418. The lowest BCUT2D eigenvalue weighted by Crippen LogP contribution is -2.28. The van der Waals surface area contributed by atoms with Gasteiger partial charge in [-0.2, -0.15) is 0 Å². The first kappa shape index (κ1) is 21.8. The average molecular weight is 448 g/mol. The molecule has 0 bridgehead atoms. The van der Waals surface area contributed by atoms with Crippen molar-refractivity contribution < 1.29 is 9.53 Å². The van der Waals surface area contributed by atoms with Crippen LogP contribution in [0.15, 0.2) is 65.0 Å². The summed E-state index contributed by atoms with van der Waals surface area (Å²) in [6.07, 6.45) is 1.44. The third-order valence-electron chi connectivity index (χ3n) is 5.21. The van der Waals surface area contributed by atoms with Gasteiger partial charge in [0.1, 0.15) is 17.1 Å². The summed E-state index contributed by atoms with van der Waals surface area (Å²) < 4.78 is 6.87. The van der Waals surface area contributed by atoms with Crippen LogP contribution in [-0.2, 0) is 11.3 Å². The fraction of sp³-hybridized carbons (Fsp3) is 0.240. The molecule has 4 aromatic rings. The Labute approximate surface area is 190 Å². The second kappa shape index (κ2) is 9.36. The molecular formula is C25H25N3O3S. The maximum atomic E-state index is 13.2. The first-order valence-corrected chi connectivity index (χ1v) is 11.4. The highest BCUT2D eigenvalue weighted by atomic mass is 32.1. The molecule has 164 valence electrons. The number of aromatic nitrogens is 2. The van der Waals surface area contributed by atoms with Gasteiger partial charge in [0.2, 0.25) is 5.91 Å². The number of amides is 1. The zero-order valence-electron chi connectivity index (χ0n) is 18.3. The van der Waals surface area contributed by atoms with E-state index >= 15 is 0 Å². The van der Waals surface area contributed by atoms with E-state index in [1.54, 1.807) is 0 Å². The number of fused-ring (bicyclic) bond motifs is 1. The number of hydrogen-bond acceptors (Lipinski definition) is 5. The smallest absolute Gasteiger partial charge is 0.263 e. The summed E-state index contributed by atoms with van der Waals surface area (Å²) in [5.41, 5.74) is 3.31. The molecule has 0 aliphatic carbocycles. The van der Waals surface area contributed by atoms with Crippen LogP contribution in [0.5, 0.6) is 5.75 Å². The molecule has 0 spiro atoms. The minimum atomic E-state index is -0.265. The number of anilines is 1. The third kappa shape index (κ3) is 4.43. The van der Waals surface area contributed by atoms with Crippen molar-refractivity contribution in [3.8, 4) is 16.9 Å². The van der Waals surface area contributed by atoms with Gasteiger partial charge in [0.25, 0.3) is 5.56 Å². The first-order chi connectivity index (χ1) is 15.5. The number of benzene rings is 2. The molecule has 0 aliphatic heterocycles. The maximum Gasteiger partial charge on any atom is 0.263 e. The summed E-state index contributed by atoms with van der Waals surface area (Å²) in [7, 11) is 0. The molecule has 0 saturated heterocycles. The summed E-state index contributed by atoms with van der Waals surface area (Å²) in [6.45, 7) is 6.58. The van der Waals surface area contributed by atoms with Gasteiger partial charge in [-0.15, -0.1) is 11.3 Å². The van der Waals surface area contributed by atoms with Crippen molar-refractivity contribution in [1.82, 2.24) is 9.55 Å². The fourth-order valence-corrected chi connectivity index (χ4v) is 4.56. The van der Waals surface area contributed by atoms with Crippen LogP contribution in [0.2, 0.25) is 0 Å². The Morgan fingerprint density at radius 1 is 1.16 bits per heavy atom. The Kier molecular flexibility index (Phi) is 6.37. The average Bonchev–Trinajstić information content (AvgIpc) is 3.21. The first-order valence-electron chi connectivity index (χ1n) is 10.6. The molecule has 2 heterocycles. The number of nitrogens with zero attached hydrogens (tertiary/aromatic N) is 2. The van der Waals surface area contributed by atoms with Gasteiger partial charge in [-0.05, 0) is 42.2 Å². The Balaban J connectivity index is 1.62. The van der Waals surface area contributed by atoms with Gasteiger partial charge < -0.3 is 10.1 Å². The van der Waals surface area contributed by atoms with Crippen molar-refractivity contribution in [3.05, 3.63) is 76.2 Å². The van der Waals surface area contributed by atoms with Gasteiger partial charge in [0.15, 0.2) is 0 Å². The molecule has 0 saturated carbocycles. The molecule has 0 atom stereocenters. The zero-order valence-corrected chi connectivity index (χ0v) is 19.1. The molecule has 7 heteroatoms. The molecule has 32 heavy (non-hydrogen) atoms. The minimum absolute atomic E-state index is 0.104. The number of nitrogens with one attached hydrogen (secondary N) is 1. The van der Waals surface area contributed by atoms with Gasteiger partial charge in [-0.1, -0.05) is 44.2 Å². The molecule has 0 aliphatic rings. The van der Waals surface area contributed by atoms with Gasteiger partial charge >= 0.3 is 0 Å². The minimum Gasteiger partial charge on any atom is -0.494 e. The highest BCUT2D eigenvalue weighted by Gasteiger charge is 2.16. The largest absolute Gasteiger partial charge is 0.494 e. The molecule has 2 aromatic heterocycles. The van der Waals surface area contributed by atoms with Crippen LogP contribution >= 0.6 is 11.3 Å². The second-order valence-electron chi connectivity index (χ2n) is 7.75. The summed E-state index contributed by atoms with van der Waals surface area (Å²) in [6, 6.07) is 15.3. The van der Waals surface area contributed by atoms with Gasteiger partial charge in [-0.25, -0.2) is 4.98 Å². The predicted octanol–water partition coefficient (Wildman–Crippen LogP) is 5.29. The monoisotopic (exact) mass is 447 g/mol. The molecule has 4 rings (SSSR count). The SMILES string of the molecule is CCOc1ccc(-c2csc3ncn(CC(=O)Nc4ccccc4C(C)C)c(=O)c23)cc1. The van der Waals surface area contributed by atoms with Crippen molar-refractivity contribution in [2.24, 2.45) is 0 Å². The van der Waals surface area contributed by atoms with Crippen LogP contribution in [0.25, 0.3) is 21.3 Å². The van der Waals surface area contributed by atoms with Crippen molar-refractivity contribution in [3.63, 3.8) is 0 Å². The molecular weight excluding hydrogens is 422 g/mol. The van der Waals surface area contributed by atoms with E-state index in [-0.39, 0.29) is 23.9 Å². The number of para-hydroxylation sites is 1. The molecule has 6 nitrogen and oxygen atoms in total.